The van der Waals surface area contributed by atoms with Crippen LogP contribution >= 0.6 is 0 Å². The fraction of sp³-hybridized carbons (Fsp3) is 0.170. The fourth-order valence-corrected chi connectivity index (χ4v) is 7.66. The second kappa shape index (κ2) is 16.3. The molecule has 1 radical (unpaired) electrons. The molecule has 7 heteroatoms. The van der Waals surface area contributed by atoms with Crippen molar-refractivity contribution in [2.75, 3.05) is 7.11 Å². The molecular weight excluding hydrogens is 859 g/mol. The van der Waals surface area contributed by atoms with Crippen LogP contribution in [0.5, 0.6) is 5.75 Å². The third-order valence-corrected chi connectivity index (χ3v) is 11.0. The number of nitriles is 1. The predicted molar refractivity (Wildman–Crippen MR) is 220 cm³/mol. The molecule has 0 aliphatic rings. The Kier molecular flexibility index (Phi) is 10.0. The van der Waals surface area contributed by atoms with Crippen molar-refractivity contribution in [1.82, 2.24) is 9.97 Å². The maximum atomic E-state index is 9.01. The number of fused-ring (bicyclic) bond motifs is 4. The van der Waals surface area contributed by atoms with Gasteiger partial charge in [-0.15, -0.1) is 53.5 Å². The van der Waals surface area contributed by atoms with Crippen LogP contribution in [-0.2, 0) is 26.5 Å². The molecule has 0 atom stereocenters. The van der Waals surface area contributed by atoms with Crippen molar-refractivity contribution in [3.63, 3.8) is 0 Å². The van der Waals surface area contributed by atoms with Crippen molar-refractivity contribution >= 4 is 46.0 Å². The van der Waals surface area contributed by atoms with Gasteiger partial charge in [0, 0.05) is 49.1 Å². The number of furan rings is 1. The molecule has 0 saturated heterocycles. The first kappa shape index (κ1) is 33.2. The van der Waals surface area contributed by atoms with Crippen molar-refractivity contribution < 1.29 is 34.7 Å². The zero-order valence-electron chi connectivity index (χ0n) is 35.0. The van der Waals surface area contributed by atoms with Crippen LogP contribution in [0.1, 0.15) is 30.5 Å². The van der Waals surface area contributed by atoms with E-state index >= 15 is 0 Å². The van der Waals surface area contributed by atoms with Gasteiger partial charge in [-0.2, -0.15) is 5.26 Å². The van der Waals surface area contributed by atoms with E-state index < -0.39 is 14.4 Å². The summed E-state index contributed by atoms with van der Waals surface area (Å²) in [5, 5.41) is 14.4. The Morgan fingerprint density at radius 1 is 0.833 bits per heavy atom. The molecule has 0 aliphatic carbocycles. The van der Waals surface area contributed by atoms with Gasteiger partial charge in [-0.05, 0) is 69.0 Å². The SMILES string of the molecule is N#Cc1ccc(-c2ccc3c(c2)oc2c[c-]c(-c4cc5ccccc5cn4)cc23)cc1.[2H]c1[c-]c(-c2cc(C([2H])([2H])C(C)C)c([Si](C)(C)C)cn2)cc(OC)c1[2H].[Ir]. The minimum absolute atomic E-state index is 0. The van der Waals surface area contributed by atoms with Gasteiger partial charge in [0.1, 0.15) is 5.58 Å². The van der Waals surface area contributed by atoms with E-state index in [0.29, 0.717) is 22.4 Å². The average molecular weight is 904 g/mol. The van der Waals surface area contributed by atoms with Crippen LogP contribution in [0.15, 0.2) is 126 Å². The maximum absolute atomic E-state index is 9.01. The van der Waals surface area contributed by atoms with Crippen molar-refractivity contribution in [3.05, 3.63) is 145 Å². The number of ether oxygens (including phenoxy) is 1. The Balaban J connectivity index is 0.000000196. The molecule has 3 heterocycles. The number of rotatable bonds is 7. The summed E-state index contributed by atoms with van der Waals surface area (Å²) in [6, 6.07) is 39.8. The van der Waals surface area contributed by atoms with Gasteiger partial charge in [0.25, 0.3) is 0 Å². The summed E-state index contributed by atoms with van der Waals surface area (Å²) in [4.78, 5) is 9.16. The average Bonchev–Trinajstić information content (AvgIpc) is 3.58. The predicted octanol–water partition coefficient (Wildman–Crippen LogP) is 11.4. The third-order valence-electron chi connectivity index (χ3n) is 8.97. The minimum Gasteiger partial charge on any atom is -0.516 e. The number of pyridine rings is 2. The second-order valence-corrected chi connectivity index (χ2v) is 19.2. The van der Waals surface area contributed by atoms with E-state index in [1.54, 1.807) is 18.3 Å². The molecule has 5 nitrogen and oxygen atoms in total. The Morgan fingerprint density at radius 2 is 1.54 bits per heavy atom. The normalized spacial score (nSPS) is 12.6. The first-order valence-electron chi connectivity index (χ1n) is 19.5. The summed E-state index contributed by atoms with van der Waals surface area (Å²) in [5.74, 6) is 0.0990. The number of benzene rings is 5. The first-order chi connectivity index (χ1) is 27.2. The summed E-state index contributed by atoms with van der Waals surface area (Å²) in [6.07, 6.45) is 2.19. The molecule has 8 aromatic rings. The van der Waals surface area contributed by atoms with Gasteiger partial charge in [-0.3, -0.25) is 0 Å². The summed E-state index contributed by atoms with van der Waals surface area (Å²) in [5.41, 5.74) is 7.95. The van der Waals surface area contributed by atoms with Crippen LogP contribution in [0.3, 0.4) is 0 Å². The smallest absolute Gasteiger partial charge is 0.121 e. The molecule has 54 heavy (non-hydrogen) atoms. The van der Waals surface area contributed by atoms with Crippen LogP contribution in [0.2, 0.25) is 19.6 Å². The topological polar surface area (TPSA) is 71.9 Å². The second-order valence-electron chi connectivity index (χ2n) is 14.2. The molecule has 0 spiro atoms. The Labute approximate surface area is 337 Å². The van der Waals surface area contributed by atoms with Crippen molar-refractivity contribution in [3.8, 4) is 45.5 Å². The molecule has 3 aromatic heterocycles. The number of aromatic nitrogens is 2. The number of methoxy groups -OCH3 is 1. The van der Waals surface area contributed by atoms with Crippen molar-refractivity contribution in [2.45, 2.75) is 39.9 Å². The van der Waals surface area contributed by atoms with Gasteiger partial charge >= 0.3 is 0 Å². The molecule has 0 saturated carbocycles. The molecule has 8 rings (SSSR count). The van der Waals surface area contributed by atoms with E-state index in [2.05, 4.69) is 84.2 Å². The van der Waals surface area contributed by atoms with E-state index in [1.165, 1.54) is 7.11 Å². The quantitative estimate of drug-likeness (QED) is 0.118. The minimum atomic E-state index is -1.80. The van der Waals surface area contributed by atoms with E-state index in [9.17, 15) is 0 Å². The molecule has 0 unspecified atom stereocenters. The van der Waals surface area contributed by atoms with Crippen LogP contribution in [0.25, 0.3) is 66.4 Å². The first-order valence-corrected chi connectivity index (χ1v) is 21.0. The molecule has 0 bridgehead atoms. The summed E-state index contributed by atoms with van der Waals surface area (Å²) in [6.45, 7) is 10.3. The van der Waals surface area contributed by atoms with Gasteiger partial charge in [-0.1, -0.05) is 105 Å². The van der Waals surface area contributed by atoms with Gasteiger partial charge in [-0.25, -0.2) is 0 Å². The fourth-order valence-electron chi connectivity index (χ4n) is 6.26. The largest absolute Gasteiger partial charge is 0.516 e. The van der Waals surface area contributed by atoms with Crippen LogP contribution < -0.4 is 9.92 Å². The van der Waals surface area contributed by atoms with Crippen LogP contribution in [0, 0.1) is 29.4 Å². The number of hydrogen-bond acceptors (Lipinski definition) is 5. The standard InChI is InChI=1S/C28H15N2O.C19H26NOSi.Ir/c29-16-18-5-7-19(8-6-18)21-9-11-24-25-13-22(10-12-27(25)31-28(24)15-21)26-14-20-3-1-2-4-23(20)17-30-26;1-14(2)10-16-12-18(20-13-19(16)22(4,5)6)15-8-7-9-17(11-15)21-3;/h1-9,11-15,17H;7,9,11-14H,10H2,1-6H3;/q2*-1;/i;7D,9D,10D2;. The van der Waals surface area contributed by atoms with Crippen LogP contribution in [-0.4, -0.2) is 25.2 Å². The zero-order chi connectivity index (χ0) is 40.6. The van der Waals surface area contributed by atoms with E-state index in [4.69, 9.17) is 19.9 Å². The molecule has 5 aromatic carbocycles. The molecule has 0 aliphatic heterocycles. The van der Waals surface area contributed by atoms with Crippen molar-refractivity contribution in [2.24, 2.45) is 5.92 Å². The Hall–Kier alpha value is -5.38. The molecule has 0 N–H and O–H groups in total. The van der Waals surface area contributed by atoms with E-state index in [-0.39, 0.29) is 43.9 Å². The Morgan fingerprint density at radius 3 is 2.26 bits per heavy atom. The molecular formula is C47H41IrN3O2Si-2. The summed E-state index contributed by atoms with van der Waals surface area (Å²) in [7, 11) is -0.340. The van der Waals surface area contributed by atoms with Gasteiger partial charge in [0.2, 0.25) is 0 Å². The number of nitrogens with zero attached hydrogens (tertiary/aromatic N) is 3. The maximum Gasteiger partial charge on any atom is 0.121 e. The van der Waals surface area contributed by atoms with Gasteiger partial charge in [0.05, 0.1) is 32.4 Å². The number of hydrogen-bond donors (Lipinski definition) is 0. The van der Waals surface area contributed by atoms with Crippen LogP contribution in [0.4, 0.5) is 0 Å². The third kappa shape index (κ3) is 8.38. The molecule has 271 valence electrons. The molecule has 0 amide bonds. The summed E-state index contributed by atoms with van der Waals surface area (Å²) < 4.78 is 44.3. The van der Waals surface area contributed by atoms with E-state index in [0.717, 1.165) is 60.3 Å². The van der Waals surface area contributed by atoms with Gasteiger partial charge in [0.15, 0.2) is 0 Å². The van der Waals surface area contributed by atoms with Crippen molar-refractivity contribution in [1.29, 1.82) is 5.26 Å². The summed E-state index contributed by atoms with van der Waals surface area (Å²) >= 11 is 0. The monoisotopic (exact) mass is 904 g/mol. The van der Waals surface area contributed by atoms with Gasteiger partial charge < -0.3 is 19.1 Å². The van der Waals surface area contributed by atoms with E-state index in [1.807, 2.05) is 68.6 Å². The zero-order valence-corrected chi connectivity index (χ0v) is 34.4. The Bertz CT molecular complexity index is 2830. The molecule has 0 fully saturated rings.